The molecule has 3 rings (SSSR count). The number of amides is 1. The summed E-state index contributed by atoms with van der Waals surface area (Å²) in [4.78, 5) is 28.3. The number of nitrogens with zero attached hydrogens (tertiary/aromatic N) is 3. The standard InChI is InChI=1S/C26H33Cl2N3O2/c1-3-25(29-33)19-11-14-31(15-12-19)16-13-22(21-9-10-23(27)24(28)17-21)18-30(2)26(32)20-7-5-4-6-8-20/h4-10,17,19,22,25H,3,11-16,18H2,1-2H3/t22-,25?/m1/s1. The maximum atomic E-state index is 12.9. The number of likely N-dealkylation sites (N-methyl/N-ethyl adjacent to an activating group) is 1. The minimum absolute atomic E-state index is 0.00782. The molecule has 2 aromatic carbocycles. The summed E-state index contributed by atoms with van der Waals surface area (Å²) in [5.74, 6) is 0.535. The highest BCUT2D eigenvalue weighted by Crippen LogP contribution is 2.30. The molecule has 0 aromatic heterocycles. The van der Waals surface area contributed by atoms with Gasteiger partial charge in [0.05, 0.1) is 16.1 Å². The third-order valence-electron chi connectivity index (χ3n) is 6.80. The van der Waals surface area contributed by atoms with Crippen LogP contribution < -0.4 is 0 Å². The SMILES string of the molecule is CCC(N=O)C1CCN(CC[C@H](CN(C)C(=O)c2ccccc2)c2ccc(Cl)c(Cl)c2)CC1. The van der Waals surface area contributed by atoms with Crippen LogP contribution in [0, 0.1) is 10.8 Å². The van der Waals surface area contributed by atoms with E-state index in [9.17, 15) is 9.70 Å². The monoisotopic (exact) mass is 489 g/mol. The molecule has 0 saturated carbocycles. The van der Waals surface area contributed by atoms with E-state index >= 15 is 0 Å². The van der Waals surface area contributed by atoms with Crippen molar-refractivity contribution in [1.29, 1.82) is 0 Å². The van der Waals surface area contributed by atoms with Crippen LogP contribution in [-0.2, 0) is 0 Å². The van der Waals surface area contributed by atoms with Crippen molar-refractivity contribution in [3.8, 4) is 0 Å². The van der Waals surface area contributed by atoms with E-state index in [1.54, 1.807) is 4.90 Å². The summed E-state index contributed by atoms with van der Waals surface area (Å²) in [7, 11) is 1.85. The van der Waals surface area contributed by atoms with E-state index in [1.807, 2.05) is 62.5 Å². The molecule has 178 valence electrons. The van der Waals surface area contributed by atoms with Gasteiger partial charge in [0.1, 0.15) is 0 Å². The predicted molar refractivity (Wildman–Crippen MR) is 136 cm³/mol. The van der Waals surface area contributed by atoms with Gasteiger partial charge in [-0.25, -0.2) is 0 Å². The molecule has 2 aromatic rings. The number of carbonyl (C=O) groups is 1. The first-order valence-corrected chi connectivity index (χ1v) is 12.5. The van der Waals surface area contributed by atoms with Crippen molar-refractivity contribution < 1.29 is 4.79 Å². The molecule has 1 amide bonds. The zero-order valence-electron chi connectivity index (χ0n) is 19.4. The minimum atomic E-state index is -0.0613. The second kappa shape index (κ2) is 12.5. The van der Waals surface area contributed by atoms with Gasteiger partial charge in [-0.05, 0) is 81.1 Å². The summed E-state index contributed by atoms with van der Waals surface area (Å²) in [5, 5.41) is 4.39. The zero-order chi connectivity index (χ0) is 23.8. The van der Waals surface area contributed by atoms with Crippen LogP contribution in [0.2, 0.25) is 10.0 Å². The highest BCUT2D eigenvalue weighted by molar-refractivity contribution is 6.42. The average molecular weight is 490 g/mol. The molecule has 0 radical (unpaired) electrons. The van der Waals surface area contributed by atoms with Crippen molar-refractivity contribution in [3.63, 3.8) is 0 Å². The number of piperidine rings is 1. The number of hydrogen-bond acceptors (Lipinski definition) is 4. The third kappa shape index (κ3) is 7.02. The van der Waals surface area contributed by atoms with Crippen LogP contribution in [0.3, 0.4) is 0 Å². The number of hydrogen-bond donors (Lipinski definition) is 0. The highest BCUT2D eigenvalue weighted by atomic mass is 35.5. The molecule has 0 spiro atoms. The lowest BCUT2D eigenvalue weighted by Gasteiger charge is -2.34. The molecule has 5 nitrogen and oxygen atoms in total. The normalized spacial score (nSPS) is 16.8. The molecule has 1 saturated heterocycles. The highest BCUT2D eigenvalue weighted by Gasteiger charge is 2.27. The average Bonchev–Trinajstić information content (AvgIpc) is 2.85. The fraction of sp³-hybridized carbons (Fsp3) is 0.500. The maximum absolute atomic E-state index is 12.9. The van der Waals surface area contributed by atoms with Gasteiger partial charge in [0.15, 0.2) is 0 Å². The Hall–Kier alpha value is -1.95. The van der Waals surface area contributed by atoms with E-state index in [2.05, 4.69) is 10.1 Å². The van der Waals surface area contributed by atoms with E-state index in [0.29, 0.717) is 28.1 Å². The van der Waals surface area contributed by atoms with Crippen LogP contribution in [0.25, 0.3) is 0 Å². The lowest BCUT2D eigenvalue weighted by Crippen LogP contribution is -2.39. The first kappa shape index (κ1) is 25.7. The largest absolute Gasteiger partial charge is 0.341 e. The van der Waals surface area contributed by atoms with Crippen LogP contribution >= 0.6 is 23.2 Å². The molecule has 0 bridgehead atoms. The van der Waals surface area contributed by atoms with Gasteiger partial charge >= 0.3 is 0 Å². The Morgan fingerprint density at radius 2 is 1.82 bits per heavy atom. The summed E-state index contributed by atoms with van der Waals surface area (Å²) in [5.41, 5.74) is 1.77. The molecule has 1 unspecified atom stereocenters. The van der Waals surface area contributed by atoms with E-state index in [1.165, 1.54) is 0 Å². The van der Waals surface area contributed by atoms with Gasteiger partial charge in [-0.3, -0.25) is 4.79 Å². The number of carbonyl (C=O) groups excluding carboxylic acids is 1. The Balaban J connectivity index is 1.66. The van der Waals surface area contributed by atoms with Gasteiger partial charge in [0, 0.05) is 25.1 Å². The number of nitroso groups, excluding NO2 is 1. The Bertz CT molecular complexity index is 917. The lowest BCUT2D eigenvalue weighted by atomic mass is 9.88. The Kier molecular flexibility index (Phi) is 9.72. The predicted octanol–water partition coefficient (Wildman–Crippen LogP) is 6.50. The zero-order valence-corrected chi connectivity index (χ0v) is 20.9. The van der Waals surface area contributed by atoms with Gasteiger partial charge in [-0.2, -0.15) is 4.91 Å². The molecule has 2 atom stereocenters. The van der Waals surface area contributed by atoms with E-state index in [0.717, 1.165) is 50.9 Å². The van der Waals surface area contributed by atoms with E-state index < -0.39 is 0 Å². The van der Waals surface area contributed by atoms with Crippen molar-refractivity contribution >= 4 is 29.1 Å². The second-order valence-electron chi connectivity index (χ2n) is 8.97. The van der Waals surface area contributed by atoms with Crippen LogP contribution in [0.15, 0.2) is 53.7 Å². The van der Waals surface area contributed by atoms with Crippen LogP contribution in [0.1, 0.15) is 54.4 Å². The van der Waals surface area contributed by atoms with Gasteiger partial charge in [-0.15, -0.1) is 0 Å². The summed E-state index contributed by atoms with van der Waals surface area (Å²) >= 11 is 12.5. The Labute approximate surface area is 207 Å². The summed E-state index contributed by atoms with van der Waals surface area (Å²) in [6, 6.07) is 15.0. The molecule has 1 heterocycles. The maximum Gasteiger partial charge on any atom is 0.253 e. The number of benzene rings is 2. The second-order valence-corrected chi connectivity index (χ2v) is 9.79. The number of likely N-dealkylation sites (tertiary alicyclic amines) is 1. The fourth-order valence-corrected chi connectivity index (χ4v) is 5.04. The smallest absolute Gasteiger partial charge is 0.253 e. The third-order valence-corrected chi connectivity index (χ3v) is 7.54. The van der Waals surface area contributed by atoms with Crippen molar-refractivity contribution in [2.75, 3.05) is 33.2 Å². The van der Waals surface area contributed by atoms with Gasteiger partial charge in [0.2, 0.25) is 0 Å². The quantitative estimate of drug-likeness (QED) is 0.358. The minimum Gasteiger partial charge on any atom is -0.341 e. The van der Waals surface area contributed by atoms with Crippen molar-refractivity contribution in [2.45, 2.75) is 44.6 Å². The molecule has 0 aliphatic carbocycles. The van der Waals surface area contributed by atoms with Crippen LogP contribution in [0.4, 0.5) is 0 Å². The Morgan fingerprint density at radius 3 is 2.42 bits per heavy atom. The van der Waals surface area contributed by atoms with E-state index in [-0.39, 0.29) is 17.9 Å². The molecule has 1 aliphatic rings. The molecule has 1 aliphatic heterocycles. The van der Waals surface area contributed by atoms with Crippen molar-refractivity contribution in [3.05, 3.63) is 74.6 Å². The van der Waals surface area contributed by atoms with Gasteiger partial charge in [0.25, 0.3) is 5.91 Å². The van der Waals surface area contributed by atoms with Crippen LogP contribution in [0.5, 0.6) is 0 Å². The molecule has 1 fully saturated rings. The summed E-state index contributed by atoms with van der Waals surface area (Å²) in [6.07, 6.45) is 3.73. The molecule has 0 N–H and O–H groups in total. The summed E-state index contributed by atoms with van der Waals surface area (Å²) in [6.45, 7) is 5.51. The topological polar surface area (TPSA) is 53.0 Å². The van der Waals surface area contributed by atoms with Crippen molar-refractivity contribution in [1.82, 2.24) is 9.80 Å². The summed E-state index contributed by atoms with van der Waals surface area (Å²) < 4.78 is 0. The first-order valence-electron chi connectivity index (χ1n) is 11.7. The fourth-order valence-electron chi connectivity index (χ4n) is 4.74. The Morgan fingerprint density at radius 1 is 1.12 bits per heavy atom. The first-order chi connectivity index (χ1) is 15.9. The lowest BCUT2D eigenvalue weighted by molar-refractivity contribution is 0.0781. The van der Waals surface area contributed by atoms with E-state index in [4.69, 9.17) is 23.2 Å². The molecular formula is C26H33Cl2N3O2. The number of rotatable bonds is 10. The van der Waals surface area contributed by atoms with Gasteiger partial charge < -0.3 is 9.80 Å². The van der Waals surface area contributed by atoms with Crippen LogP contribution in [-0.4, -0.2) is 55.0 Å². The molecule has 33 heavy (non-hydrogen) atoms. The molecular weight excluding hydrogens is 457 g/mol. The number of halogens is 2. The van der Waals surface area contributed by atoms with Gasteiger partial charge in [-0.1, -0.05) is 59.6 Å². The molecule has 7 heteroatoms. The van der Waals surface area contributed by atoms with Crippen molar-refractivity contribution in [2.24, 2.45) is 11.1 Å².